The number of benzene rings is 4. The third-order valence-electron chi connectivity index (χ3n) is 7.20. The predicted molar refractivity (Wildman–Crippen MR) is 195 cm³/mol. The number of rotatable bonds is 6. The Balaban J connectivity index is 0.000000178. The van der Waals surface area contributed by atoms with Gasteiger partial charge in [0.05, 0.1) is 29.3 Å². The first-order chi connectivity index (χ1) is 25.1. The molecule has 0 aliphatic carbocycles. The first-order valence-electron chi connectivity index (χ1n) is 15.6. The van der Waals surface area contributed by atoms with Crippen LogP contribution in [-0.4, -0.2) is 17.7 Å². The van der Waals surface area contributed by atoms with E-state index in [0.29, 0.717) is 17.1 Å². The van der Waals surface area contributed by atoms with Crippen molar-refractivity contribution in [1.29, 1.82) is 0 Å². The monoisotopic (exact) mass is 730 g/mol. The fourth-order valence-electron chi connectivity index (χ4n) is 4.58. The van der Waals surface area contributed by atoms with E-state index in [4.69, 9.17) is 26.0 Å². The fourth-order valence-corrected chi connectivity index (χ4v) is 4.58. The zero-order valence-corrected chi connectivity index (χ0v) is 28.3. The Hall–Kier alpha value is -7.03. The van der Waals surface area contributed by atoms with Crippen LogP contribution in [0.25, 0.3) is 0 Å². The van der Waals surface area contributed by atoms with Crippen LogP contribution in [0, 0.1) is 19.7 Å². The van der Waals surface area contributed by atoms with Crippen LogP contribution in [0.2, 0.25) is 0 Å². The van der Waals surface area contributed by atoms with Crippen molar-refractivity contribution < 1.29 is 40.8 Å². The van der Waals surface area contributed by atoms with Crippen LogP contribution in [0.3, 0.4) is 0 Å². The van der Waals surface area contributed by atoms with Crippen molar-refractivity contribution in [3.05, 3.63) is 155 Å². The molecule has 0 saturated carbocycles. The minimum Gasteiger partial charge on any atom is -0.459 e. The lowest BCUT2D eigenvalue weighted by Crippen LogP contribution is -2.16. The Morgan fingerprint density at radius 1 is 0.566 bits per heavy atom. The van der Waals surface area contributed by atoms with Gasteiger partial charge in [0.1, 0.15) is 5.82 Å². The molecule has 6 rings (SSSR count). The van der Waals surface area contributed by atoms with Gasteiger partial charge in [-0.05, 0) is 116 Å². The summed E-state index contributed by atoms with van der Waals surface area (Å²) in [7, 11) is 0. The first kappa shape index (κ1) is 38.8. The number of nitrogen functional groups attached to an aromatic ring is 3. The Bertz CT molecular complexity index is 2190. The molecule has 0 fully saturated rings. The highest BCUT2D eigenvalue weighted by atomic mass is 19.4. The van der Waals surface area contributed by atoms with E-state index in [0.717, 1.165) is 28.9 Å². The summed E-state index contributed by atoms with van der Waals surface area (Å²) in [5.41, 5.74) is 19.6. The van der Waals surface area contributed by atoms with Crippen LogP contribution in [0.5, 0.6) is 0 Å². The number of carbonyl (C=O) groups is 3. The lowest BCUT2D eigenvalue weighted by molar-refractivity contribution is -0.136. The van der Waals surface area contributed by atoms with E-state index in [1.165, 1.54) is 42.9 Å². The zero-order valence-electron chi connectivity index (χ0n) is 28.3. The number of hydrogen-bond acceptors (Lipinski definition) is 8. The van der Waals surface area contributed by atoms with Gasteiger partial charge in [0.15, 0.2) is 11.5 Å². The Kier molecular flexibility index (Phi) is 12.6. The van der Waals surface area contributed by atoms with Crippen molar-refractivity contribution >= 4 is 51.8 Å². The van der Waals surface area contributed by atoms with Gasteiger partial charge in [0.2, 0.25) is 0 Å². The molecule has 15 heteroatoms. The summed E-state index contributed by atoms with van der Waals surface area (Å²) in [6, 6.07) is 25.5. The van der Waals surface area contributed by atoms with E-state index in [1.54, 1.807) is 60.7 Å². The van der Waals surface area contributed by atoms with Gasteiger partial charge in [-0.3, -0.25) is 14.4 Å². The standard InChI is InChI=1S/C14H13FN2O.C12H9F3N2O2.C12H12N2O2/c1-9-8-10(16)6-7-13(9)17-14(18)11-4-2-3-5-12(11)15;13-12(14,15)8-6-7(16)3-4-9(8)17-11(18)10-2-1-5-19-10;1-8-7-9(13)4-5-10(8)14-12(15)11-3-2-6-16-11/h2-8H,16H2,1H3,(H,17,18);1-6H,16H2,(H,17,18);2-7H,13H2,1H3,(H,14,15). The molecule has 11 nitrogen and oxygen atoms in total. The number of halogens is 4. The molecule has 0 radical (unpaired) electrons. The number of amides is 3. The van der Waals surface area contributed by atoms with Gasteiger partial charge in [-0.15, -0.1) is 0 Å². The summed E-state index contributed by atoms with van der Waals surface area (Å²) < 4.78 is 61.6. The molecule has 0 aliphatic heterocycles. The van der Waals surface area contributed by atoms with Crippen molar-refractivity contribution in [3.8, 4) is 0 Å². The summed E-state index contributed by atoms with van der Waals surface area (Å²) in [6.07, 6.45) is -1.89. The molecule has 0 unspecified atom stereocenters. The molecule has 2 aromatic heterocycles. The molecule has 0 bridgehead atoms. The second-order valence-electron chi connectivity index (χ2n) is 11.2. The van der Waals surface area contributed by atoms with Crippen molar-refractivity contribution in [2.75, 3.05) is 33.2 Å². The van der Waals surface area contributed by atoms with Crippen molar-refractivity contribution in [2.24, 2.45) is 0 Å². The predicted octanol–water partition coefficient (Wildman–Crippen LogP) is 8.52. The largest absolute Gasteiger partial charge is 0.459 e. The lowest BCUT2D eigenvalue weighted by Gasteiger charge is -2.13. The summed E-state index contributed by atoms with van der Waals surface area (Å²) >= 11 is 0. The van der Waals surface area contributed by atoms with E-state index in [2.05, 4.69) is 16.0 Å². The summed E-state index contributed by atoms with van der Waals surface area (Å²) in [4.78, 5) is 35.2. The maximum absolute atomic E-state index is 13.4. The number of hydrogen-bond donors (Lipinski definition) is 6. The van der Waals surface area contributed by atoms with Gasteiger partial charge in [-0.2, -0.15) is 13.2 Å². The van der Waals surface area contributed by atoms with Gasteiger partial charge in [-0.1, -0.05) is 12.1 Å². The highest BCUT2D eigenvalue weighted by molar-refractivity contribution is 6.05. The van der Waals surface area contributed by atoms with Crippen molar-refractivity contribution in [3.63, 3.8) is 0 Å². The summed E-state index contributed by atoms with van der Waals surface area (Å²) in [5.74, 6) is -1.83. The smallest absolute Gasteiger partial charge is 0.418 e. The second-order valence-corrected chi connectivity index (χ2v) is 11.2. The fraction of sp³-hybridized carbons (Fsp3) is 0.0789. The number of alkyl halides is 3. The topological polar surface area (TPSA) is 192 Å². The minimum atomic E-state index is -4.61. The number of nitrogens with two attached hydrogens (primary N) is 3. The van der Waals surface area contributed by atoms with Gasteiger partial charge in [0, 0.05) is 28.4 Å². The van der Waals surface area contributed by atoms with Gasteiger partial charge in [0.25, 0.3) is 17.7 Å². The molecule has 9 N–H and O–H groups in total. The van der Waals surface area contributed by atoms with E-state index < -0.39 is 29.4 Å². The van der Waals surface area contributed by atoms with Crippen LogP contribution < -0.4 is 33.2 Å². The van der Waals surface area contributed by atoms with Crippen LogP contribution in [0.15, 0.2) is 124 Å². The quantitative estimate of drug-likeness (QED) is 0.0725. The Morgan fingerprint density at radius 2 is 1.00 bits per heavy atom. The molecule has 2 heterocycles. The molecule has 0 saturated heterocycles. The van der Waals surface area contributed by atoms with Crippen molar-refractivity contribution in [2.45, 2.75) is 20.0 Å². The van der Waals surface area contributed by atoms with E-state index >= 15 is 0 Å². The minimum absolute atomic E-state index is 0.0220. The van der Waals surface area contributed by atoms with Gasteiger partial charge < -0.3 is 42.0 Å². The van der Waals surface area contributed by atoms with Crippen LogP contribution >= 0.6 is 0 Å². The first-order valence-corrected chi connectivity index (χ1v) is 15.6. The molecule has 0 aliphatic rings. The third kappa shape index (κ3) is 11.0. The van der Waals surface area contributed by atoms with Crippen LogP contribution in [-0.2, 0) is 6.18 Å². The van der Waals surface area contributed by atoms with Crippen LogP contribution in [0.4, 0.5) is 51.7 Å². The molecular weight excluding hydrogens is 696 g/mol. The third-order valence-corrected chi connectivity index (χ3v) is 7.20. The number of aryl methyl sites for hydroxylation is 2. The molecule has 3 amide bonds. The molecular formula is C38H34F4N6O5. The molecule has 53 heavy (non-hydrogen) atoms. The van der Waals surface area contributed by atoms with E-state index in [9.17, 15) is 31.9 Å². The average Bonchev–Trinajstić information content (AvgIpc) is 3.85. The molecule has 274 valence electrons. The number of furan rings is 2. The maximum atomic E-state index is 13.4. The highest BCUT2D eigenvalue weighted by Gasteiger charge is 2.34. The number of carbonyl (C=O) groups excluding carboxylic acids is 3. The Morgan fingerprint density at radius 3 is 1.43 bits per heavy atom. The van der Waals surface area contributed by atoms with Crippen molar-refractivity contribution in [1.82, 2.24) is 0 Å². The van der Waals surface area contributed by atoms with Gasteiger partial charge >= 0.3 is 6.18 Å². The van der Waals surface area contributed by atoms with Gasteiger partial charge in [-0.25, -0.2) is 4.39 Å². The SMILES string of the molecule is Cc1cc(N)ccc1NC(=O)c1ccccc1F.Cc1cc(N)ccc1NC(=O)c1ccco1.Nc1ccc(NC(=O)c2ccco2)c(C(F)(F)F)c1. The average molecular weight is 731 g/mol. The Labute approximate surface area is 300 Å². The lowest BCUT2D eigenvalue weighted by atomic mass is 10.1. The van der Waals surface area contributed by atoms with E-state index in [-0.39, 0.29) is 34.4 Å². The number of anilines is 6. The normalized spacial score (nSPS) is 10.5. The molecule has 6 aromatic rings. The number of nitrogens with one attached hydrogen (secondary N) is 3. The highest BCUT2D eigenvalue weighted by Crippen LogP contribution is 2.36. The second kappa shape index (κ2) is 17.3. The van der Waals surface area contributed by atoms with E-state index in [1.807, 2.05) is 13.8 Å². The maximum Gasteiger partial charge on any atom is 0.418 e. The molecule has 0 atom stereocenters. The summed E-state index contributed by atoms with van der Waals surface area (Å²) in [5, 5.41) is 7.55. The zero-order chi connectivity index (χ0) is 38.7. The molecule has 4 aromatic carbocycles. The summed E-state index contributed by atoms with van der Waals surface area (Å²) in [6.45, 7) is 3.71. The van der Waals surface area contributed by atoms with Crippen LogP contribution in [0.1, 0.15) is 48.2 Å². The molecule has 0 spiro atoms.